The SMILES string of the molecule is COCCCNC(=O)c1cc2c(o1)CCCC2=O. The number of amides is 1. The number of hydrogen-bond acceptors (Lipinski definition) is 4. The van der Waals surface area contributed by atoms with Crippen LogP contribution in [0.15, 0.2) is 10.5 Å². The molecule has 5 heteroatoms. The molecule has 1 aromatic rings. The van der Waals surface area contributed by atoms with Crippen LogP contribution in [0.4, 0.5) is 0 Å². The van der Waals surface area contributed by atoms with Gasteiger partial charge in [-0.1, -0.05) is 0 Å². The predicted molar refractivity (Wildman–Crippen MR) is 64.8 cm³/mol. The maximum absolute atomic E-state index is 11.8. The van der Waals surface area contributed by atoms with Gasteiger partial charge in [-0.2, -0.15) is 0 Å². The molecule has 1 aliphatic carbocycles. The van der Waals surface area contributed by atoms with E-state index in [0.29, 0.717) is 30.9 Å². The fourth-order valence-electron chi connectivity index (χ4n) is 2.01. The van der Waals surface area contributed by atoms with Crippen LogP contribution in [0.3, 0.4) is 0 Å². The number of carbonyl (C=O) groups is 2. The predicted octanol–water partition coefficient (Wildman–Crippen LogP) is 1.56. The van der Waals surface area contributed by atoms with E-state index in [1.807, 2.05) is 0 Å². The summed E-state index contributed by atoms with van der Waals surface area (Å²) >= 11 is 0. The van der Waals surface area contributed by atoms with Crippen LogP contribution in [0, 0.1) is 0 Å². The van der Waals surface area contributed by atoms with E-state index in [0.717, 1.165) is 19.3 Å². The molecule has 1 heterocycles. The normalized spacial score (nSPS) is 14.4. The molecule has 98 valence electrons. The van der Waals surface area contributed by atoms with Crippen LogP contribution in [0.5, 0.6) is 0 Å². The number of ketones is 1. The molecule has 0 unspecified atom stereocenters. The third-order valence-corrected chi connectivity index (χ3v) is 2.95. The number of furan rings is 1. The van der Waals surface area contributed by atoms with E-state index < -0.39 is 0 Å². The number of Topliss-reactive ketones (excluding diaryl/α,β-unsaturated/α-hetero) is 1. The molecule has 0 radical (unpaired) electrons. The summed E-state index contributed by atoms with van der Waals surface area (Å²) in [6.07, 6.45) is 2.83. The van der Waals surface area contributed by atoms with Crippen molar-refractivity contribution in [3.05, 3.63) is 23.2 Å². The monoisotopic (exact) mass is 251 g/mol. The number of rotatable bonds is 5. The summed E-state index contributed by atoms with van der Waals surface area (Å²) in [5.41, 5.74) is 0.572. The molecule has 0 fully saturated rings. The van der Waals surface area contributed by atoms with Gasteiger partial charge in [-0.05, 0) is 12.8 Å². The van der Waals surface area contributed by atoms with Crippen LogP contribution in [0.1, 0.15) is 45.9 Å². The van der Waals surface area contributed by atoms with E-state index in [1.165, 1.54) is 0 Å². The van der Waals surface area contributed by atoms with Gasteiger partial charge in [-0.25, -0.2) is 0 Å². The van der Waals surface area contributed by atoms with Crippen molar-refractivity contribution in [3.63, 3.8) is 0 Å². The third-order valence-electron chi connectivity index (χ3n) is 2.95. The second-order valence-corrected chi connectivity index (χ2v) is 4.33. The summed E-state index contributed by atoms with van der Waals surface area (Å²) in [5.74, 6) is 0.674. The molecular weight excluding hydrogens is 234 g/mol. The van der Waals surface area contributed by atoms with Gasteiger partial charge in [0.05, 0.1) is 5.56 Å². The van der Waals surface area contributed by atoms with Gasteiger partial charge >= 0.3 is 0 Å². The lowest BCUT2D eigenvalue weighted by Crippen LogP contribution is -2.24. The number of nitrogens with one attached hydrogen (secondary N) is 1. The molecule has 2 rings (SSSR count). The molecule has 1 aromatic heterocycles. The second kappa shape index (κ2) is 5.82. The fourth-order valence-corrected chi connectivity index (χ4v) is 2.01. The van der Waals surface area contributed by atoms with Crippen LogP contribution in [0.2, 0.25) is 0 Å². The first kappa shape index (κ1) is 12.8. The van der Waals surface area contributed by atoms with E-state index in [2.05, 4.69) is 5.32 Å². The van der Waals surface area contributed by atoms with Gasteiger partial charge in [-0.3, -0.25) is 9.59 Å². The van der Waals surface area contributed by atoms with Gasteiger partial charge in [0.2, 0.25) is 0 Å². The molecule has 0 aliphatic heterocycles. The average molecular weight is 251 g/mol. The topological polar surface area (TPSA) is 68.5 Å². The zero-order chi connectivity index (χ0) is 13.0. The highest BCUT2D eigenvalue weighted by molar-refractivity contribution is 6.01. The van der Waals surface area contributed by atoms with Gasteiger partial charge < -0.3 is 14.5 Å². The highest BCUT2D eigenvalue weighted by Gasteiger charge is 2.24. The van der Waals surface area contributed by atoms with Gasteiger partial charge in [0.25, 0.3) is 5.91 Å². The maximum atomic E-state index is 11.8. The van der Waals surface area contributed by atoms with Crippen molar-refractivity contribution < 1.29 is 18.7 Å². The Kier molecular flexibility index (Phi) is 4.15. The Labute approximate surface area is 105 Å². The van der Waals surface area contributed by atoms with Crippen molar-refractivity contribution in [2.75, 3.05) is 20.3 Å². The minimum atomic E-state index is -0.270. The van der Waals surface area contributed by atoms with Crippen LogP contribution < -0.4 is 5.32 Å². The van der Waals surface area contributed by atoms with Crippen molar-refractivity contribution in [2.45, 2.75) is 25.7 Å². The fraction of sp³-hybridized carbons (Fsp3) is 0.538. The lowest BCUT2D eigenvalue weighted by molar-refractivity contribution is 0.0915. The molecule has 0 atom stereocenters. The number of methoxy groups -OCH3 is 1. The standard InChI is InChI=1S/C13H17NO4/c1-17-7-3-6-14-13(16)12-8-9-10(15)4-2-5-11(9)18-12/h8H,2-7H2,1H3,(H,14,16). The first-order chi connectivity index (χ1) is 8.72. The van der Waals surface area contributed by atoms with Gasteiger partial charge in [-0.15, -0.1) is 0 Å². The number of aryl methyl sites for hydroxylation is 1. The lowest BCUT2D eigenvalue weighted by Gasteiger charge is -2.06. The van der Waals surface area contributed by atoms with E-state index in [4.69, 9.17) is 9.15 Å². The average Bonchev–Trinajstić information content (AvgIpc) is 2.80. The molecule has 18 heavy (non-hydrogen) atoms. The Hall–Kier alpha value is -1.62. The number of fused-ring (bicyclic) bond motifs is 1. The summed E-state index contributed by atoms with van der Waals surface area (Å²) in [5, 5.41) is 2.73. The minimum Gasteiger partial charge on any atom is -0.455 e. The Morgan fingerprint density at radius 3 is 3.06 bits per heavy atom. The third kappa shape index (κ3) is 2.79. The first-order valence-corrected chi connectivity index (χ1v) is 6.15. The summed E-state index contributed by atoms with van der Waals surface area (Å²) < 4.78 is 10.3. The van der Waals surface area contributed by atoms with Crippen molar-refractivity contribution in [1.29, 1.82) is 0 Å². The van der Waals surface area contributed by atoms with Crippen LogP contribution in [-0.4, -0.2) is 32.0 Å². The van der Waals surface area contributed by atoms with Gasteiger partial charge in [0.15, 0.2) is 11.5 Å². The Bertz CT molecular complexity index is 450. The van der Waals surface area contributed by atoms with Gasteiger partial charge in [0, 0.05) is 39.2 Å². The smallest absolute Gasteiger partial charge is 0.287 e. The molecule has 0 saturated carbocycles. The molecule has 0 spiro atoms. The molecule has 0 bridgehead atoms. The van der Waals surface area contributed by atoms with E-state index in [9.17, 15) is 9.59 Å². The number of hydrogen-bond donors (Lipinski definition) is 1. The van der Waals surface area contributed by atoms with E-state index in [-0.39, 0.29) is 17.5 Å². The molecule has 5 nitrogen and oxygen atoms in total. The summed E-state index contributed by atoms with van der Waals surface area (Å²) in [6, 6.07) is 1.56. The van der Waals surface area contributed by atoms with E-state index in [1.54, 1.807) is 13.2 Å². The van der Waals surface area contributed by atoms with Gasteiger partial charge in [0.1, 0.15) is 5.76 Å². The van der Waals surface area contributed by atoms with Crippen LogP contribution >= 0.6 is 0 Å². The highest BCUT2D eigenvalue weighted by Crippen LogP contribution is 2.24. The first-order valence-electron chi connectivity index (χ1n) is 6.15. The molecule has 1 N–H and O–H groups in total. The highest BCUT2D eigenvalue weighted by atomic mass is 16.5. The van der Waals surface area contributed by atoms with Crippen molar-refractivity contribution in [1.82, 2.24) is 5.32 Å². The van der Waals surface area contributed by atoms with Crippen molar-refractivity contribution in [3.8, 4) is 0 Å². The maximum Gasteiger partial charge on any atom is 0.287 e. The second-order valence-electron chi connectivity index (χ2n) is 4.33. The zero-order valence-electron chi connectivity index (χ0n) is 10.5. The quantitative estimate of drug-likeness (QED) is 0.806. The van der Waals surface area contributed by atoms with Crippen LogP contribution in [-0.2, 0) is 11.2 Å². The minimum absolute atomic E-state index is 0.0680. The lowest BCUT2D eigenvalue weighted by atomic mass is 9.97. The van der Waals surface area contributed by atoms with E-state index >= 15 is 0 Å². The largest absolute Gasteiger partial charge is 0.455 e. The number of carbonyl (C=O) groups excluding carboxylic acids is 2. The molecule has 1 aliphatic rings. The summed E-state index contributed by atoms with van der Waals surface area (Å²) in [4.78, 5) is 23.4. The Morgan fingerprint density at radius 2 is 2.33 bits per heavy atom. The number of ether oxygens (including phenoxy) is 1. The zero-order valence-corrected chi connectivity index (χ0v) is 10.5. The molecule has 1 amide bonds. The summed E-state index contributed by atoms with van der Waals surface area (Å²) in [6.45, 7) is 1.14. The van der Waals surface area contributed by atoms with Crippen molar-refractivity contribution >= 4 is 11.7 Å². The molecule has 0 aromatic carbocycles. The molecule has 0 saturated heterocycles. The molecular formula is C13H17NO4. The summed E-state index contributed by atoms with van der Waals surface area (Å²) in [7, 11) is 1.62. The Balaban J connectivity index is 1.97. The van der Waals surface area contributed by atoms with Crippen LogP contribution in [0.25, 0.3) is 0 Å². The Morgan fingerprint density at radius 1 is 1.50 bits per heavy atom. The van der Waals surface area contributed by atoms with Crippen molar-refractivity contribution in [2.24, 2.45) is 0 Å².